The summed E-state index contributed by atoms with van der Waals surface area (Å²) in [6, 6.07) is 0. The molecule has 1 atom stereocenters. The number of aryl methyl sites for hydroxylation is 1. The molecule has 1 aliphatic rings. The third kappa shape index (κ3) is 3.04. The van der Waals surface area contributed by atoms with Crippen molar-refractivity contribution in [1.82, 2.24) is 14.6 Å². The van der Waals surface area contributed by atoms with Crippen LogP contribution in [0.5, 0.6) is 0 Å². The van der Waals surface area contributed by atoms with Crippen molar-refractivity contribution < 1.29 is 0 Å². The van der Waals surface area contributed by atoms with E-state index >= 15 is 0 Å². The van der Waals surface area contributed by atoms with Crippen LogP contribution < -0.4 is 5.56 Å². The largest absolute Gasteiger partial charge is 0.367 e. The summed E-state index contributed by atoms with van der Waals surface area (Å²) >= 11 is 1.68. The van der Waals surface area contributed by atoms with Gasteiger partial charge in [-0.3, -0.25) is 4.79 Å². The Kier molecular flexibility index (Phi) is 4.04. The molecule has 0 aliphatic heterocycles. The lowest BCUT2D eigenvalue weighted by Crippen LogP contribution is -2.26. The zero-order valence-electron chi connectivity index (χ0n) is 14.5. The summed E-state index contributed by atoms with van der Waals surface area (Å²) < 4.78 is 1.34. The summed E-state index contributed by atoms with van der Waals surface area (Å²) in [4.78, 5) is 21.2. The maximum absolute atomic E-state index is 12.7. The normalized spacial score (nSPS) is 18.6. The van der Waals surface area contributed by atoms with E-state index in [4.69, 9.17) is 0 Å². The van der Waals surface area contributed by atoms with Gasteiger partial charge in [-0.25, -0.2) is 4.98 Å². The molecule has 0 saturated heterocycles. The van der Waals surface area contributed by atoms with Gasteiger partial charge in [0.15, 0.2) is 0 Å². The number of hydrogen-bond donors (Lipinski definition) is 0. The van der Waals surface area contributed by atoms with Crippen molar-refractivity contribution in [3.8, 4) is 0 Å². The van der Waals surface area contributed by atoms with Crippen LogP contribution in [0.1, 0.15) is 37.6 Å². The van der Waals surface area contributed by atoms with E-state index in [9.17, 15) is 4.79 Å². The first-order chi connectivity index (χ1) is 10.8. The third-order valence-corrected chi connectivity index (χ3v) is 5.75. The van der Waals surface area contributed by atoms with E-state index in [-0.39, 0.29) is 5.56 Å². The van der Waals surface area contributed by atoms with Crippen molar-refractivity contribution >= 4 is 27.9 Å². The van der Waals surface area contributed by atoms with Gasteiger partial charge in [-0.05, 0) is 36.2 Å². The summed E-state index contributed by atoms with van der Waals surface area (Å²) in [5, 5.41) is 4.96. The molecule has 3 rings (SSSR count). The minimum Gasteiger partial charge on any atom is -0.367 e. The van der Waals surface area contributed by atoms with Crippen LogP contribution in [0.4, 0.5) is 0 Å². The Hall–Kier alpha value is -1.69. The fourth-order valence-electron chi connectivity index (χ4n) is 3.14. The SMILES string of the molecule is CN(C)C=Nn1cnc2sc3c(c2c1=O)CCC(C(C)(C)C)C3. The summed E-state index contributed by atoms with van der Waals surface area (Å²) in [6.07, 6.45) is 6.30. The number of nitrogens with zero attached hydrogens (tertiary/aromatic N) is 4. The molecule has 23 heavy (non-hydrogen) atoms. The summed E-state index contributed by atoms with van der Waals surface area (Å²) in [5.41, 5.74) is 1.45. The Bertz CT molecular complexity index is 810. The molecule has 0 radical (unpaired) electrons. The van der Waals surface area contributed by atoms with E-state index in [2.05, 4.69) is 30.9 Å². The fraction of sp³-hybridized carbons (Fsp3) is 0.588. The smallest absolute Gasteiger partial charge is 0.283 e. The first kappa shape index (κ1) is 16.2. The second-order valence-electron chi connectivity index (χ2n) is 7.58. The first-order valence-electron chi connectivity index (χ1n) is 8.00. The highest BCUT2D eigenvalue weighted by molar-refractivity contribution is 7.18. The molecule has 1 unspecified atom stereocenters. The Labute approximate surface area is 140 Å². The molecule has 0 fully saturated rings. The molecule has 2 aromatic heterocycles. The van der Waals surface area contributed by atoms with Crippen LogP contribution in [-0.4, -0.2) is 35.0 Å². The van der Waals surface area contributed by atoms with Crippen molar-refractivity contribution in [1.29, 1.82) is 0 Å². The maximum Gasteiger partial charge on any atom is 0.283 e. The molecular formula is C17H24N4OS. The molecule has 6 heteroatoms. The fourth-order valence-corrected chi connectivity index (χ4v) is 4.40. The Morgan fingerprint density at radius 3 is 2.83 bits per heavy atom. The predicted molar refractivity (Wildman–Crippen MR) is 96.4 cm³/mol. The molecule has 1 aliphatic carbocycles. The van der Waals surface area contributed by atoms with Gasteiger partial charge in [-0.15, -0.1) is 11.3 Å². The van der Waals surface area contributed by atoms with Crippen molar-refractivity contribution in [3.63, 3.8) is 0 Å². The second-order valence-corrected chi connectivity index (χ2v) is 8.66. The van der Waals surface area contributed by atoms with Crippen molar-refractivity contribution in [2.24, 2.45) is 16.4 Å². The van der Waals surface area contributed by atoms with Crippen LogP contribution in [0.25, 0.3) is 10.2 Å². The lowest BCUT2D eigenvalue weighted by Gasteiger charge is -2.33. The summed E-state index contributed by atoms with van der Waals surface area (Å²) in [7, 11) is 3.75. The topological polar surface area (TPSA) is 50.5 Å². The van der Waals surface area contributed by atoms with Gasteiger partial charge in [0.1, 0.15) is 17.5 Å². The molecule has 5 nitrogen and oxygen atoms in total. The van der Waals surface area contributed by atoms with Crippen molar-refractivity contribution in [3.05, 3.63) is 27.1 Å². The zero-order valence-corrected chi connectivity index (χ0v) is 15.3. The zero-order chi connectivity index (χ0) is 16.8. The molecule has 124 valence electrons. The number of fused-ring (bicyclic) bond motifs is 3. The van der Waals surface area contributed by atoms with Crippen LogP contribution in [0.2, 0.25) is 0 Å². The van der Waals surface area contributed by atoms with Crippen LogP contribution in [-0.2, 0) is 12.8 Å². The predicted octanol–water partition coefficient (Wildman–Crippen LogP) is 2.96. The number of hydrogen-bond acceptors (Lipinski definition) is 4. The Morgan fingerprint density at radius 2 is 2.17 bits per heavy atom. The minimum atomic E-state index is -0.0557. The highest BCUT2D eigenvalue weighted by atomic mass is 32.1. The molecule has 2 heterocycles. The third-order valence-electron chi connectivity index (χ3n) is 4.58. The van der Waals surface area contributed by atoms with Gasteiger partial charge in [-0.1, -0.05) is 20.8 Å². The van der Waals surface area contributed by atoms with E-state index in [1.54, 1.807) is 22.6 Å². The van der Waals surface area contributed by atoms with E-state index in [1.807, 2.05) is 14.1 Å². The molecule has 2 aromatic rings. The van der Waals surface area contributed by atoms with Gasteiger partial charge in [0.25, 0.3) is 5.56 Å². The maximum atomic E-state index is 12.7. The van der Waals surface area contributed by atoms with Crippen LogP contribution >= 0.6 is 11.3 Å². The quantitative estimate of drug-likeness (QED) is 0.627. The monoisotopic (exact) mass is 332 g/mol. The number of aromatic nitrogens is 2. The molecule has 0 aromatic carbocycles. The number of thiophene rings is 1. The lowest BCUT2D eigenvalue weighted by atomic mass is 9.72. The highest BCUT2D eigenvalue weighted by Gasteiger charge is 2.31. The molecule has 0 N–H and O–H groups in total. The van der Waals surface area contributed by atoms with E-state index in [0.29, 0.717) is 11.3 Å². The van der Waals surface area contributed by atoms with Crippen LogP contribution in [0, 0.1) is 11.3 Å². The van der Waals surface area contributed by atoms with E-state index in [1.165, 1.54) is 21.4 Å². The minimum absolute atomic E-state index is 0.0557. The molecule has 0 saturated carbocycles. The van der Waals surface area contributed by atoms with Gasteiger partial charge in [0.05, 0.1) is 5.39 Å². The van der Waals surface area contributed by atoms with Crippen LogP contribution in [0.15, 0.2) is 16.2 Å². The molecule has 0 amide bonds. The number of rotatable bonds is 2. The molecule has 0 bridgehead atoms. The average Bonchev–Trinajstić information content (AvgIpc) is 2.83. The Balaban J connectivity index is 2.06. The molecule has 0 spiro atoms. The first-order valence-corrected chi connectivity index (χ1v) is 8.82. The average molecular weight is 332 g/mol. The van der Waals surface area contributed by atoms with E-state index in [0.717, 1.165) is 29.5 Å². The van der Waals surface area contributed by atoms with Crippen LogP contribution in [0.3, 0.4) is 0 Å². The van der Waals surface area contributed by atoms with Gasteiger partial charge >= 0.3 is 0 Å². The van der Waals surface area contributed by atoms with Crippen molar-refractivity contribution in [2.75, 3.05) is 14.1 Å². The van der Waals surface area contributed by atoms with Gasteiger partial charge in [-0.2, -0.15) is 9.78 Å². The van der Waals surface area contributed by atoms with Gasteiger partial charge in [0.2, 0.25) is 0 Å². The highest BCUT2D eigenvalue weighted by Crippen LogP contribution is 2.41. The molecular weight excluding hydrogens is 308 g/mol. The van der Waals surface area contributed by atoms with Gasteiger partial charge < -0.3 is 4.90 Å². The summed E-state index contributed by atoms with van der Waals surface area (Å²) in [5.74, 6) is 0.664. The second kappa shape index (κ2) is 5.74. The van der Waals surface area contributed by atoms with Crippen molar-refractivity contribution in [2.45, 2.75) is 40.0 Å². The Morgan fingerprint density at radius 1 is 1.43 bits per heavy atom. The van der Waals surface area contributed by atoms with E-state index < -0.39 is 0 Å². The standard InChI is InChI=1S/C17H24N4OS/c1-17(2,3)11-6-7-12-13(8-11)23-15-14(12)16(22)21(9-18-15)19-10-20(4)5/h9-11H,6-8H2,1-5H3. The lowest BCUT2D eigenvalue weighted by molar-refractivity contribution is 0.218. The van der Waals surface area contributed by atoms with Gasteiger partial charge in [0, 0.05) is 19.0 Å². The summed E-state index contributed by atoms with van der Waals surface area (Å²) in [6.45, 7) is 6.91.